The molecule has 1 saturated heterocycles. The molecule has 0 amide bonds. The van der Waals surface area contributed by atoms with Crippen molar-refractivity contribution in [3.63, 3.8) is 0 Å². The van der Waals surface area contributed by atoms with Gasteiger partial charge in [-0.1, -0.05) is 0 Å². The van der Waals surface area contributed by atoms with Crippen LogP contribution in [-0.4, -0.2) is 25.7 Å². The van der Waals surface area contributed by atoms with Gasteiger partial charge in [0.2, 0.25) is 0 Å². The fourth-order valence-corrected chi connectivity index (χ4v) is 3.37. The lowest BCUT2D eigenvalue weighted by Crippen LogP contribution is -2.40. The van der Waals surface area contributed by atoms with Gasteiger partial charge in [-0.3, -0.25) is 0 Å². The molecule has 2 N–H and O–H groups in total. The van der Waals surface area contributed by atoms with Crippen molar-refractivity contribution in [2.75, 3.05) is 19.6 Å². The third kappa shape index (κ3) is 3.87. The van der Waals surface area contributed by atoms with Crippen LogP contribution in [0.2, 0.25) is 0 Å². The van der Waals surface area contributed by atoms with E-state index >= 15 is 0 Å². The molecule has 0 saturated carbocycles. The van der Waals surface area contributed by atoms with Gasteiger partial charge in [-0.05, 0) is 54.3 Å². The second-order valence-electron chi connectivity index (χ2n) is 3.96. The number of piperidine rings is 1. The summed E-state index contributed by atoms with van der Waals surface area (Å²) in [5.41, 5.74) is 0. The standard InChI is InChI=1S/C11H17BrN2S/c12-9-7-11(15-8-9)3-6-14-10-1-4-13-5-2-10/h7-8,10,13-14H,1-6H2. The van der Waals surface area contributed by atoms with Gasteiger partial charge < -0.3 is 10.6 Å². The van der Waals surface area contributed by atoms with Crippen LogP contribution in [0.1, 0.15) is 17.7 Å². The summed E-state index contributed by atoms with van der Waals surface area (Å²) in [6, 6.07) is 2.95. The third-order valence-electron chi connectivity index (χ3n) is 2.77. The van der Waals surface area contributed by atoms with Crippen LogP contribution in [0.3, 0.4) is 0 Å². The molecule has 0 radical (unpaired) electrons. The van der Waals surface area contributed by atoms with E-state index in [1.165, 1.54) is 35.3 Å². The molecular formula is C11H17BrN2S. The summed E-state index contributed by atoms with van der Waals surface area (Å²) < 4.78 is 1.21. The van der Waals surface area contributed by atoms with Gasteiger partial charge in [-0.15, -0.1) is 11.3 Å². The fraction of sp³-hybridized carbons (Fsp3) is 0.636. The van der Waals surface area contributed by atoms with Gasteiger partial charge in [-0.2, -0.15) is 0 Å². The van der Waals surface area contributed by atoms with E-state index < -0.39 is 0 Å². The Labute approximate surface area is 104 Å². The maximum Gasteiger partial charge on any atom is 0.0285 e. The van der Waals surface area contributed by atoms with Crippen molar-refractivity contribution in [2.45, 2.75) is 25.3 Å². The van der Waals surface area contributed by atoms with Gasteiger partial charge in [-0.25, -0.2) is 0 Å². The third-order valence-corrected chi connectivity index (χ3v) is 4.52. The summed E-state index contributed by atoms with van der Waals surface area (Å²) in [6.07, 6.45) is 3.70. The molecule has 1 aromatic rings. The summed E-state index contributed by atoms with van der Waals surface area (Å²) >= 11 is 5.32. The van der Waals surface area contributed by atoms with Crippen LogP contribution >= 0.6 is 27.3 Å². The molecule has 0 bridgehead atoms. The average Bonchev–Trinajstić information content (AvgIpc) is 2.66. The molecule has 1 aliphatic rings. The first-order valence-corrected chi connectivity index (χ1v) is 7.19. The molecule has 2 nitrogen and oxygen atoms in total. The maximum absolute atomic E-state index is 3.63. The van der Waals surface area contributed by atoms with Crippen LogP contribution in [0.4, 0.5) is 0 Å². The van der Waals surface area contributed by atoms with Gasteiger partial charge in [0.15, 0.2) is 0 Å². The largest absolute Gasteiger partial charge is 0.317 e. The van der Waals surface area contributed by atoms with Gasteiger partial charge >= 0.3 is 0 Å². The second-order valence-corrected chi connectivity index (χ2v) is 5.87. The molecule has 0 aliphatic carbocycles. The molecule has 0 spiro atoms. The van der Waals surface area contributed by atoms with Crippen molar-refractivity contribution in [2.24, 2.45) is 0 Å². The quantitative estimate of drug-likeness (QED) is 0.889. The predicted octanol–water partition coefficient (Wildman–Crippen LogP) is 2.39. The van der Waals surface area contributed by atoms with E-state index in [0.29, 0.717) is 0 Å². The molecular weight excluding hydrogens is 272 g/mol. The number of halogens is 1. The minimum absolute atomic E-state index is 0.731. The first-order valence-electron chi connectivity index (χ1n) is 5.51. The number of hydrogen-bond acceptors (Lipinski definition) is 3. The van der Waals surface area contributed by atoms with Crippen molar-refractivity contribution < 1.29 is 0 Å². The van der Waals surface area contributed by atoms with E-state index in [4.69, 9.17) is 0 Å². The van der Waals surface area contributed by atoms with Crippen LogP contribution in [0.5, 0.6) is 0 Å². The normalized spacial score (nSPS) is 18.2. The molecule has 1 fully saturated rings. The molecule has 84 valence electrons. The Morgan fingerprint density at radius 2 is 2.27 bits per heavy atom. The van der Waals surface area contributed by atoms with Crippen LogP contribution in [0.15, 0.2) is 15.9 Å². The minimum Gasteiger partial charge on any atom is -0.317 e. The van der Waals surface area contributed by atoms with Crippen molar-refractivity contribution in [1.29, 1.82) is 0 Å². The number of hydrogen-bond donors (Lipinski definition) is 2. The lowest BCUT2D eigenvalue weighted by atomic mass is 10.1. The van der Waals surface area contributed by atoms with Crippen LogP contribution in [0.25, 0.3) is 0 Å². The van der Waals surface area contributed by atoms with Crippen molar-refractivity contribution in [3.05, 3.63) is 20.8 Å². The smallest absolute Gasteiger partial charge is 0.0285 e. The zero-order valence-corrected chi connectivity index (χ0v) is 11.2. The summed E-state index contributed by atoms with van der Waals surface area (Å²) in [6.45, 7) is 3.45. The van der Waals surface area contributed by atoms with Gasteiger partial charge in [0.05, 0.1) is 0 Å². The monoisotopic (exact) mass is 288 g/mol. The van der Waals surface area contributed by atoms with Crippen molar-refractivity contribution in [3.8, 4) is 0 Å². The highest BCUT2D eigenvalue weighted by Gasteiger charge is 2.11. The lowest BCUT2D eigenvalue weighted by molar-refractivity contribution is 0.390. The first kappa shape index (κ1) is 11.6. The van der Waals surface area contributed by atoms with Gasteiger partial charge in [0.25, 0.3) is 0 Å². The molecule has 2 rings (SSSR count). The first-order chi connectivity index (χ1) is 7.34. The number of rotatable bonds is 4. The fourth-order valence-electron chi connectivity index (χ4n) is 1.91. The van der Waals surface area contributed by atoms with Crippen LogP contribution < -0.4 is 10.6 Å². The van der Waals surface area contributed by atoms with E-state index in [0.717, 1.165) is 19.0 Å². The maximum atomic E-state index is 3.63. The minimum atomic E-state index is 0.731. The Hall–Kier alpha value is 0.1000. The zero-order chi connectivity index (χ0) is 10.5. The average molecular weight is 289 g/mol. The number of thiophene rings is 1. The molecule has 15 heavy (non-hydrogen) atoms. The number of nitrogens with one attached hydrogen (secondary N) is 2. The van der Waals surface area contributed by atoms with E-state index in [2.05, 4.69) is 38.0 Å². The molecule has 1 aliphatic heterocycles. The highest BCUT2D eigenvalue weighted by atomic mass is 79.9. The van der Waals surface area contributed by atoms with Crippen LogP contribution in [-0.2, 0) is 6.42 Å². The Morgan fingerprint density at radius 1 is 1.47 bits per heavy atom. The van der Waals surface area contributed by atoms with E-state index in [1.54, 1.807) is 0 Å². The van der Waals surface area contributed by atoms with Crippen LogP contribution in [0, 0.1) is 0 Å². The van der Waals surface area contributed by atoms with E-state index in [1.807, 2.05) is 11.3 Å². The van der Waals surface area contributed by atoms with Crippen molar-refractivity contribution >= 4 is 27.3 Å². The molecule has 0 unspecified atom stereocenters. The topological polar surface area (TPSA) is 24.1 Å². The van der Waals surface area contributed by atoms with Gasteiger partial charge in [0, 0.05) is 27.3 Å². The second kappa shape index (κ2) is 5.99. The Balaban J connectivity index is 1.65. The Kier molecular flexibility index (Phi) is 4.62. The highest BCUT2D eigenvalue weighted by Crippen LogP contribution is 2.19. The van der Waals surface area contributed by atoms with Crippen molar-refractivity contribution in [1.82, 2.24) is 10.6 Å². The highest BCUT2D eigenvalue weighted by molar-refractivity contribution is 9.10. The molecule has 0 aromatic carbocycles. The lowest BCUT2D eigenvalue weighted by Gasteiger charge is -2.23. The van der Waals surface area contributed by atoms with Gasteiger partial charge in [0.1, 0.15) is 0 Å². The summed E-state index contributed by atoms with van der Waals surface area (Å²) in [5.74, 6) is 0. The molecule has 4 heteroatoms. The summed E-state index contributed by atoms with van der Waals surface area (Å²) in [4.78, 5) is 1.46. The Bertz CT molecular complexity index is 295. The molecule has 1 aromatic heterocycles. The zero-order valence-electron chi connectivity index (χ0n) is 8.76. The summed E-state index contributed by atoms with van der Waals surface area (Å²) in [5, 5.41) is 9.17. The predicted molar refractivity (Wildman–Crippen MR) is 69.6 cm³/mol. The molecule has 0 atom stereocenters. The summed E-state index contributed by atoms with van der Waals surface area (Å²) in [7, 11) is 0. The molecule has 2 heterocycles. The van der Waals surface area contributed by atoms with E-state index in [9.17, 15) is 0 Å². The Morgan fingerprint density at radius 3 is 2.93 bits per heavy atom. The van der Waals surface area contributed by atoms with E-state index in [-0.39, 0.29) is 0 Å². The SMILES string of the molecule is Brc1csc(CCNC2CCNCC2)c1.